The van der Waals surface area contributed by atoms with Crippen molar-refractivity contribution in [3.8, 4) is 5.75 Å². The van der Waals surface area contributed by atoms with Crippen LogP contribution in [0.4, 0.5) is 20.2 Å². The second kappa shape index (κ2) is 8.05. The molecule has 0 radical (unpaired) electrons. The molecule has 0 aliphatic heterocycles. The summed E-state index contributed by atoms with van der Waals surface area (Å²) in [4.78, 5) is 23.5. The number of amides is 2. The van der Waals surface area contributed by atoms with E-state index in [1.54, 1.807) is 24.3 Å². The monoisotopic (exact) mass is 334 g/mol. The molecule has 2 rings (SSSR count). The zero-order chi connectivity index (χ0) is 17.5. The molecule has 0 atom stereocenters. The van der Waals surface area contributed by atoms with Gasteiger partial charge in [-0.05, 0) is 43.3 Å². The minimum Gasteiger partial charge on any atom is -0.494 e. The molecule has 7 heteroatoms. The Hall–Kier alpha value is -2.96. The summed E-state index contributed by atoms with van der Waals surface area (Å²) >= 11 is 0. The molecule has 0 aromatic heterocycles. The van der Waals surface area contributed by atoms with Gasteiger partial charge in [0.05, 0.1) is 12.3 Å². The molecule has 0 unspecified atom stereocenters. The molecule has 2 aromatic rings. The molecule has 0 aliphatic rings. The fraction of sp³-hybridized carbons (Fsp3) is 0.176. The standard InChI is InChI=1S/C17H16F2N2O3/c1-2-24-13-6-4-12(5-7-13)20-16(22)10-17(23)21-15-8-3-11(18)9-14(15)19/h3-9H,2,10H2,1H3,(H,20,22)(H,21,23). The number of benzene rings is 2. The van der Waals surface area contributed by atoms with Gasteiger partial charge in [-0.3, -0.25) is 9.59 Å². The number of carbonyl (C=O) groups is 2. The van der Waals surface area contributed by atoms with Crippen molar-refractivity contribution in [2.75, 3.05) is 17.2 Å². The Labute approximate surface area is 137 Å². The maximum atomic E-state index is 13.4. The van der Waals surface area contributed by atoms with Gasteiger partial charge in [0.1, 0.15) is 23.8 Å². The molecule has 0 fully saturated rings. The van der Waals surface area contributed by atoms with E-state index in [0.29, 0.717) is 24.1 Å². The van der Waals surface area contributed by atoms with Crippen LogP contribution >= 0.6 is 0 Å². The second-order valence-corrected chi connectivity index (χ2v) is 4.85. The van der Waals surface area contributed by atoms with Crippen LogP contribution < -0.4 is 15.4 Å². The van der Waals surface area contributed by atoms with Crippen molar-refractivity contribution >= 4 is 23.2 Å². The fourth-order valence-electron chi connectivity index (χ4n) is 1.94. The van der Waals surface area contributed by atoms with Crippen molar-refractivity contribution in [3.05, 3.63) is 54.1 Å². The number of ether oxygens (including phenoxy) is 1. The number of nitrogens with one attached hydrogen (secondary N) is 2. The third kappa shape index (κ3) is 5.05. The van der Waals surface area contributed by atoms with E-state index < -0.39 is 29.9 Å². The van der Waals surface area contributed by atoms with Crippen LogP contribution in [0, 0.1) is 11.6 Å². The molecule has 0 heterocycles. The van der Waals surface area contributed by atoms with Gasteiger partial charge in [0.15, 0.2) is 0 Å². The fourth-order valence-corrected chi connectivity index (χ4v) is 1.94. The van der Waals surface area contributed by atoms with Gasteiger partial charge in [0.2, 0.25) is 11.8 Å². The third-order valence-corrected chi connectivity index (χ3v) is 2.98. The second-order valence-electron chi connectivity index (χ2n) is 4.85. The number of rotatable bonds is 6. The minimum absolute atomic E-state index is 0.185. The minimum atomic E-state index is -0.907. The molecular formula is C17H16F2N2O3. The van der Waals surface area contributed by atoms with E-state index in [9.17, 15) is 18.4 Å². The Balaban J connectivity index is 1.88. The summed E-state index contributed by atoms with van der Waals surface area (Å²) in [7, 11) is 0. The van der Waals surface area contributed by atoms with E-state index in [1.165, 1.54) is 0 Å². The summed E-state index contributed by atoms with van der Waals surface area (Å²) in [5, 5.41) is 4.76. The van der Waals surface area contributed by atoms with Gasteiger partial charge >= 0.3 is 0 Å². The van der Waals surface area contributed by atoms with Crippen LogP contribution in [-0.4, -0.2) is 18.4 Å². The summed E-state index contributed by atoms with van der Waals surface area (Å²) in [5.74, 6) is -2.25. The van der Waals surface area contributed by atoms with E-state index in [-0.39, 0.29) is 5.69 Å². The molecule has 126 valence electrons. The first-order chi connectivity index (χ1) is 11.5. The molecular weight excluding hydrogens is 318 g/mol. The van der Waals surface area contributed by atoms with E-state index in [1.807, 2.05) is 6.92 Å². The SMILES string of the molecule is CCOc1ccc(NC(=O)CC(=O)Nc2ccc(F)cc2F)cc1. The van der Waals surface area contributed by atoms with E-state index in [2.05, 4.69) is 10.6 Å². The lowest BCUT2D eigenvalue weighted by atomic mass is 10.2. The molecule has 0 bridgehead atoms. The smallest absolute Gasteiger partial charge is 0.233 e. The Bertz CT molecular complexity index is 733. The zero-order valence-corrected chi connectivity index (χ0v) is 12.9. The number of halogens is 2. The van der Waals surface area contributed by atoms with E-state index in [4.69, 9.17) is 4.74 Å². The van der Waals surface area contributed by atoms with Crippen molar-refractivity contribution in [3.63, 3.8) is 0 Å². The normalized spacial score (nSPS) is 10.1. The Morgan fingerprint density at radius 2 is 1.67 bits per heavy atom. The topological polar surface area (TPSA) is 67.4 Å². The molecule has 2 N–H and O–H groups in total. The van der Waals surface area contributed by atoms with Crippen LogP contribution in [0.5, 0.6) is 5.75 Å². The van der Waals surface area contributed by atoms with Crippen LogP contribution in [0.1, 0.15) is 13.3 Å². The molecule has 24 heavy (non-hydrogen) atoms. The van der Waals surface area contributed by atoms with Gasteiger partial charge < -0.3 is 15.4 Å². The highest BCUT2D eigenvalue weighted by molar-refractivity contribution is 6.08. The van der Waals surface area contributed by atoms with E-state index >= 15 is 0 Å². The van der Waals surface area contributed by atoms with Gasteiger partial charge in [0.25, 0.3) is 0 Å². The number of hydrogen-bond donors (Lipinski definition) is 2. The summed E-state index contributed by atoms with van der Waals surface area (Å²) < 4.78 is 31.5. The highest BCUT2D eigenvalue weighted by atomic mass is 19.1. The van der Waals surface area contributed by atoms with Crippen molar-refractivity contribution < 1.29 is 23.1 Å². The van der Waals surface area contributed by atoms with Gasteiger partial charge in [-0.2, -0.15) is 0 Å². The van der Waals surface area contributed by atoms with Crippen LogP contribution in [-0.2, 0) is 9.59 Å². The predicted molar refractivity (Wildman–Crippen MR) is 85.8 cm³/mol. The van der Waals surface area contributed by atoms with Crippen molar-refractivity contribution in [1.82, 2.24) is 0 Å². The molecule has 5 nitrogen and oxygen atoms in total. The summed E-state index contributed by atoms with van der Waals surface area (Å²) in [6.07, 6.45) is -0.496. The van der Waals surface area contributed by atoms with Gasteiger partial charge in [-0.1, -0.05) is 0 Å². The molecule has 2 amide bonds. The van der Waals surface area contributed by atoms with Crippen LogP contribution in [0.15, 0.2) is 42.5 Å². The molecule has 0 saturated heterocycles. The largest absolute Gasteiger partial charge is 0.494 e. The first-order valence-electron chi connectivity index (χ1n) is 7.25. The molecule has 2 aromatic carbocycles. The first-order valence-corrected chi connectivity index (χ1v) is 7.25. The highest BCUT2D eigenvalue weighted by Gasteiger charge is 2.12. The average molecular weight is 334 g/mol. The van der Waals surface area contributed by atoms with Crippen LogP contribution in [0.3, 0.4) is 0 Å². The highest BCUT2D eigenvalue weighted by Crippen LogP contribution is 2.17. The van der Waals surface area contributed by atoms with Crippen molar-refractivity contribution in [2.45, 2.75) is 13.3 Å². The molecule has 0 saturated carbocycles. The van der Waals surface area contributed by atoms with Crippen LogP contribution in [0.2, 0.25) is 0 Å². The van der Waals surface area contributed by atoms with E-state index in [0.717, 1.165) is 12.1 Å². The third-order valence-electron chi connectivity index (χ3n) is 2.98. The lowest BCUT2D eigenvalue weighted by Gasteiger charge is -2.08. The van der Waals surface area contributed by atoms with Gasteiger partial charge in [-0.25, -0.2) is 8.78 Å². The molecule has 0 spiro atoms. The number of anilines is 2. The number of hydrogen-bond acceptors (Lipinski definition) is 3. The van der Waals surface area contributed by atoms with Gasteiger partial charge in [-0.15, -0.1) is 0 Å². The maximum absolute atomic E-state index is 13.4. The quantitative estimate of drug-likeness (QED) is 0.796. The Morgan fingerprint density at radius 1 is 1.00 bits per heavy atom. The Kier molecular flexibility index (Phi) is 5.83. The first kappa shape index (κ1) is 17.4. The summed E-state index contributed by atoms with van der Waals surface area (Å²) in [6.45, 7) is 2.39. The average Bonchev–Trinajstić information content (AvgIpc) is 2.52. The maximum Gasteiger partial charge on any atom is 0.233 e. The zero-order valence-electron chi connectivity index (χ0n) is 12.9. The predicted octanol–water partition coefficient (Wildman–Crippen LogP) is 3.33. The van der Waals surface area contributed by atoms with Gasteiger partial charge in [0, 0.05) is 11.8 Å². The lowest BCUT2D eigenvalue weighted by Crippen LogP contribution is -2.21. The molecule has 0 aliphatic carbocycles. The van der Waals surface area contributed by atoms with Crippen molar-refractivity contribution in [2.24, 2.45) is 0 Å². The summed E-state index contributed by atoms with van der Waals surface area (Å²) in [5.41, 5.74) is 0.319. The van der Waals surface area contributed by atoms with Crippen LogP contribution in [0.25, 0.3) is 0 Å². The summed E-state index contributed by atoms with van der Waals surface area (Å²) in [6, 6.07) is 9.41. The lowest BCUT2D eigenvalue weighted by molar-refractivity contribution is -0.123. The Morgan fingerprint density at radius 3 is 2.29 bits per heavy atom. The number of carbonyl (C=O) groups excluding carboxylic acids is 2. The van der Waals surface area contributed by atoms with Crippen molar-refractivity contribution in [1.29, 1.82) is 0 Å².